The lowest BCUT2D eigenvalue weighted by atomic mass is 10.1. The van der Waals surface area contributed by atoms with Gasteiger partial charge in [0.2, 0.25) is 5.78 Å². The predicted molar refractivity (Wildman–Crippen MR) is 90.3 cm³/mol. The van der Waals surface area contributed by atoms with Crippen LogP contribution >= 0.6 is 0 Å². The van der Waals surface area contributed by atoms with Crippen molar-refractivity contribution in [2.75, 3.05) is 7.11 Å². The first-order chi connectivity index (χ1) is 9.84. The molecule has 0 fully saturated rings. The largest absolute Gasteiger partial charge is 0.497 e. The number of allylic oxidation sites excluding steroid dienone is 6. The number of carbonyl (C=O) groups excluding carboxylic acids is 1. The quantitative estimate of drug-likeness (QED) is 0.446. The van der Waals surface area contributed by atoms with E-state index in [4.69, 9.17) is 16.2 Å². The average molecular weight is 294 g/mol. The Morgan fingerprint density at radius 3 is 1.95 bits per heavy atom. The van der Waals surface area contributed by atoms with E-state index in [0.717, 1.165) is 17.8 Å². The molecule has 21 heavy (non-hydrogen) atoms. The molecule has 0 rings (SSSR count). The van der Waals surface area contributed by atoms with Gasteiger partial charge in [-0.05, 0) is 44.4 Å². The van der Waals surface area contributed by atoms with Crippen molar-refractivity contribution in [3.63, 3.8) is 0 Å². The molecule has 0 unspecified atom stereocenters. The van der Waals surface area contributed by atoms with E-state index in [1.54, 1.807) is 33.1 Å². The van der Waals surface area contributed by atoms with E-state index in [1.807, 2.05) is 20.8 Å². The number of ether oxygens (including phenoxy) is 1. The Labute approximate surface area is 129 Å². The van der Waals surface area contributed by atoms with Gasteiger partial charge in [0.1, 0.15) is 5.76 Å². The standard InChI is InChI=1S/C15H24N2O2.C2H6/c1-6-7-10(2)13(19-5)9-8-11(3)15(18)14(17)12(4)16;1-2/h7-9H,6,16-17H2,1-5H3;1-2H3/b10-7+,11-8+,13-9+,14-12+;. The maximum Gasteiger partial charge on any atom is 0.206 e. The second-order valence-electron chi connectivity index (χ2n) is 4.31. The van der Waals surface area contributed by atoms with Crippen molar-refractivity contribution in [2.45, 2.75) is 48.0 Å². The smallest absolute Gasteiger partial charge is 0.206 e. The van der Waals surface area contributed by atoms with Gasteiger partial charge in [-0.3, -0.25) is 4.79 Å². The van der Waals surface area contributed by atoms with Crippen molar-refractivity contribution < 1.29 is 9.53 Å². The van der Waals surface area contributed by atoms with Crippen LogP contribution < -0.4 is 11.5 Å². The molecule has 120 valence electrons. The van der Waals surface area contributed by atoms with Gasteiger partial charge in [-0.15, -0.1) is 0 Å². The third kappa shape index (κ3) is 8.02. The van der Waals surface area contributed by atoms with Crippen molar-refractivity contribution >= 4 is 5.78 Å². The summed E-state index contributed by atoms with van der Waals surface area (Å²) in [5, 5.41) is 0. The molecule has 0 saturated carbocycles. The summed E-state index contributed by atoms with van der Waals surface area (Å²) in [6.45, 7) is 11.3. The van der Waals surface area contributed by atoms with Crippen molar-refractivity contribution in [1.29, 1.82) is 0 Å². The van der Waals surface area contributed by atoms with Gasteiger partial charge in [0.05, 0.1) is 12.8 Å². The Balaban J connectivity index is 0. The molecule has 0 aromatic carbocycles. The van der Waals surface area contributed by atoms with E-state index in [9.17, 15) is 4.79 Å². The number of methoxy groups -OCH3 is 1. The fourth-order valence-electron chi connectivity index (χ4n) is 1.44. The molecule has 0 saturated heterocycles. The Morgan fingerprint density at radius 1 is 1.05 bits per heavy atom. The zero-order valence-electron chi connectivity index (χ0n) is 14.4. The van der Waals surface area contributed by atoms with Crippen LogP contribution in [0.15, 0.2) is 46.5 Å². The first-order valence-electron chi connectivity index (χ1n) is 7.21. The van der Waals surface area contributed by atoms with Gasteiger partial charge in [0, 0.05) is 5.70 Å². The summed E-state index contributed by atoms with van der Waals surface area (Å²) in [5.74, 6) is 0.463. The first kappa shape index (κ1) is 21.3. The molecule has 0 amide bonds. The zero-order valence-corrected chi connectivity index (χ0v) is 14.4. The normalized spacial score (nSPS) is 14.0. The summed E-state index contributed by atoms with van der Waals surface area (Å²) in [7, 11) is 1.60. The number of rotatable bonds is 6. The maximum absolute atomic E-state index is 11.9. The topological polar surface area (TPSA) is 78.3 Å². The molecule has 0 atom stereocenters. The van der Waals surface area contributed by atoms with Crippen LogP contribution in [0.1, 0.15) is 48.0 Å². The second-order valence-corrected chi connectivity index (χ2v) is 4.31. The van der Waals surface area contributed by atoms with Crippen LogP contribution in [-0.2, 0) is 9.53 Å². The summed E-state index contributed by atoms with van der Waals surface area (Å²) in [4.78, 5) is 11.9. The number of hydrogen-bond acceptors (Lipinski definition) is 4. The Bertz CT molecular complexity index is 451. The number of ketones is 1. The molecule has 0 heterocycles. The Kier molecular flexibility index (Phi) is 12.0. The van der Waals surface area contributed by atoms with E-state index >= 15 is 0 Å². The summed E-state index contributed by atoms with van der Waals surface area (Å²) < 4.78 is 5.27. The van der Waals surface area contributed by atoms with Crippen LogP contribution in [0.3, 0.4) is 0 Å². The molecular formula is C17H30N2O2. The second kappa shape index (κ2) is 11.8. The molecular weight excluding hydrogens is 264 g/mol. The van der Waals surface area contributed by atoms with Gasteiger partial charge in [0.25, 0.3) is 0 Å². The minimum atomic E-state index is -0.260. The Hall–Kier alpha value is -1.97. The number of nitrogens with two attached hydrogens (primary N) is 2. The van der Waals surface area contributed by atoms with Crippen molar-refractivity contribution in [3.8, 4) is 0 Å². The van der Waals surface area contributed by atoms with Crippen LogP contribution in [0.25, 0.3) is 0 Å². The fraction of sp³-hybridized carbons (Fsp3) is 0.471. The highest BCUT2D eigenvalue weighted by Crippen LogP contribution is 2.12. The van der Waals surface area contributed by atoms with E-state index in [1.165, 1.54) is 0 Å². The molecule has 0 aliphatic rings. The molecule has 0 spiro atoms. The van der Waals surface area contributed by atoms with Crippen LogP contribution in [-0.4, -0.2) is 12.9 Å². The van der Waals surface area contributed by atoms with Gasteiger partial charge in [0.15, 0.2) is 0 Å². The lowest BCUT2D eigenvalue weighted by Crippen LogP contribution is -2.17. The zero-order chi connectivity index (χ0) is 17.0. The predicted octanol–water partition coefficient (Wildman–Crippen LogP) is 3.56. The lowest BCUT2D eigenvalue weighted by molar-refractivity contribution is -0.112. The lowest BCUT2D eigenvalue weighted by Gasteiger charge is -2.06. The molecule has 4 nitrogen and oxygen atoms in total. The summed E-state index contributed by atoms with van der Waals surface area (Å²) >= 11 is 0. The van der Waals surface area contributed by atoms with Crippen molar-refractivity contribution in [2.24, 2.45) is 11.5 Å². The number of carbonyl (C=O) groups is 1. The van der Waals surface area contributed by atoms with E-state index in [2.05, 4.69) is 13.0 Å². The highest BCUT2D eigenvalue weighted by Gasteiger charge is 2.09. The van der Waals surface area contributed by atoms with E-state index in [0.29, 0.717) is 11.3 Å². The average Bonchev–Trinajstić information content (AvgIpc) is 2.48. The van der Waals surface area contributed by atoms with Gasteiger partial charge in [-0.2, -0.15) is 0 Å². The summed E-state index contributed by atoms with van der Waals surface area (Å²) in [6, 6.07) is 0. The number of Topliss-reactive ketones (excluding diaryl/α,β-unsaturated/α-hetero) is 1. The summed E-state index contributed by atoms with van der Waals surface area (Å²) in [6.07, 6.45) is 6.42. The maximum atomic E-state index is 11.9. The monoisotopic (exact) mass is 294 g/mol. The van der Waals surface area contributed by atoms with Crippen LogP contribution in [0.4, 0.5) is 0 Å². The van der Waals surface area contributed by atoms with Gasteiger partial charge >= 0.3 is 0 Å². The number of hydrogen-bond donors (Lipinski definition) is 2. The molecule has 0 aromatic rings. The molecule has 4 heteroatoms. The first-order valence-corrected chi connectivity index (χ1v) is 7.21. The molecule has 0 aromatic heterocycles. The third-order valence-electron chi connectivity index (χ3n) is 2.63. The Morgan fingerprint density at radius 2 is 1.57 bits per heavy atom. The minimum absolute atomic E-state index is 0.0851. The fourth-order valence-corrected chi connectivity index (χ4v) is 1.44. The molecule has 0 bridgehead atoms. The van der Waals surface area contributed by atoms with Gasteiger partial charge in [-0.1, -0.05) is 32.9 Å². The van der Waals surface area contributed by atoms with E-state index < -0.39 is 0 Å². The van der Waals surface area contributed by atoms with E-state index in [-0.39, 0.29) is 11.5 Å². The minimum Gasteiger partial charge on any atom is -0.497 e. The third-order valence-corrected chi connectivity index (χ3v) is 2.63. The van der Waals surface area contributed by atoms with Crippen LogP contribution in [0, 0.1) is 0 Å². The SMILES string of the molecule is CC.CC/C=C(C)/C(=C\C=C(/C)C(=O)/C(N)=C(/C)N)OC. The molecule has 0 aliphatic heterocycles. The molecule has 0 radical (unpaired) electrons. The molecule has 4 N–H and O–H groups in total. The highest BCUT2D eigenvalue weighted by molar-refractivity contribution is 6.07. The van der Waals surface area contributed by atoms with Crippen LogP contribution in [0.5, 0.6) is 0 Å². The highest BCUT2D eigenvalue weighted by atomic mass is 16.5. The van der Waals surface area contributed by atoms with Gasteiger partial charge in [-0.25, -0.2) is 0 Å². The molecule has 0 aliphatic carbocycles. The van der Waals surface area contributed by atoms with Crippen molar-refractivity contribution in [3.05, 3.63) is 46.5 Å². The van der Waals surface area contributed by atoms with Gasteiger partial charge < -0.3 is 16.2 Å². The van der Waals surface area contributed by atoms with Crippen LogP contribution in [0.2, 0.25) is 0 Å². The summed E-state index contributed by atoms with van der Waals surface area (Å²) in [5.41, 5.74) is 13.1. The van der Waals surface area contributed by atoms with Crippen molar-refractivity contribution in [1.82, 2.24) is 0 Å².